The fourth-order valence-electron chi connectivity index (χ4n) is 3.68. The van der Waals surface area contributed by atoms with Crippen molar-refractivity contribution < 1.29 is 14.2 Å². The highest BCUT2D eigenvalue weighted by Crippen LogP contribution is 2.40. The van der Waals surface area contributed by atoms with Gasteiger partial charge in [0.1, 0.15) is 27.5 Å². The third kappa shape index (κ3) is 6.29. The zero-order chi connectivity index (χ0) is 25.9. The number of thiazole rings is 1. The van der Waals surface area contributed by atoms with E-state index < -0.39 is 14.4 Å². The number of aromatic nitrogens is 6. The third-order valence-electron chi connectivity index (χ3n) is 5.50. The maximum atomic E-state index is 5.81. The molecule has 4 aromatic heterocycles. The van der Waals surface area contributed by atoms with Crippen molar-refractivity contribution in [3.63, 3.8) is 0 Å². The van der Waals surface area contributed by atoms with Gasteiger partial charge in [0, 0.05) is 39.7 Å². The van der Waals surface area contributed by atoms with E-state index in [4.69, 9.17) is 24.3 Å². The molecule has 0 aliphatic heterocycles. The smallest absolute Gasteiger partial charge is 0.194 e. The van der Waals surface area contributed by atoms with Crippen molar-refractivity contribution >= 4 is 40.9 Å². The number of ether oxygens (including phenoxy) is 3. The molecule has 0 aliphatic rings. The van der Waals surface area contributed by atoms with Gasteiger partial charge in [-0.05, 0) is 54.9 Å². The molecule has 0 fully saturated rings. The molecule has 194 valence electrons. The number of halogens is 1. The van der Waals surface area contributed by atoms with Crippen LogP contribution in [0.5, 0.6) is 0 Å². The molecule has 4 rings (SSSR count). The quantitative estimate of drug-likeness (QED) is 0.110. The Labute approximate surface area is 225 Å². The zero-order valence-corrected chi connectivity index (χ0v) is 25.0. The fourth-order valence-corrected chi connectivity index (χ4v) is 6.15. The lowest BCUT2D eigenvalue weighted by atomic mass is 10.1. The molecule has 0 aromatic carbocycles. The summed E-state index contributed by atoms with van der Waals surface area (Å²) in [4.78, 5) is 10.2. The second-order valence-corrected chi connectivity index (χ2v) is 17.0. The summed E-state index contributed by atoms with van der Waals surface area (Å²) in [7, 11) is -1.12. The first-order valence-corrected chi connectivity index (χ1v) is 17.4. The summed E-state index contributed by atoms with van der Waals surface area (Å²) >= 11 is 5.15. The minimum atomic E-state index is -1.12. The fraction of sp³-hybridized carbons (Fsp3) is 0.500. The van der Waals surface area contributed by atoms with Crippen molar-refractivity contribution in [1.82, 2.24) is 29.4 Å². The van der Waals surface area contributed by atoms with Gasteiger partial charge in [-0.2, -0.15) is 5.10 Å². The Morgan fingerprint density at radius 2 is 1.89 bits per heavy atom. The first kappa shape index (κ1) is 27.1. The van der Waals surface area contributed by atoms with Crippen LogP contribution in [-0.4, -0.2) is 57.3 Å². The topological polar surface area (TPSA) is 88.6 Å². The Bertz CT molecular complexity index is 1310. The predicted octanol–water partition coefficient (Wildman–Crippen LogP) is 6.17. The van der Waals surface area contributed by atoms with Crippen LogP contribution >= 0.6 is 27.3 Å². The van der Waals surface area contributed by atoms with Crippen LogP contribution in [0.1, 0.15) is 31.4 Å². The molecule has 36 heavy (non-hydrogen) atoms. The summed E-state index contributed by atoms with van der Waals surface area (Å²) in [6, 6.07) is 5.16. The van der Waals surface area contributed by atoms with Gasteiger partial charge >= 0.3 is 0 Å². The summed E-state index contributed by atoms with van der Waals surface area (Å²) in [5.74, 6) is 0.613. The second kappa shape index (κ2) is 11.6. The number of nitrogens with zero attached hydrogens (tertiary/aromatic N) is 6. The van der Waals surface area contributed by atoms with E-state index in [1.54, 1.807) is 11.0 Å². The molecule has 0 bridgehead atoms. The van der Waals surface area contributed by atoms with Crippen LogP contribution in [0, 0.1) is 6.92 Å². The molecule has 0 unspecified atom stereocenters. The van der Waals surface area contributed by atoms with Crippen molar-refractivity contribution in [3.8, 4) is 21.3 Å². The molecule has 4 aromatic rings. The number of hydrogen-bond donors (Lipinski definition) is 0. The van der Waals surface area contributed by atoms with Crippen LogP contribution in [0.4, 0.5) is 0 Å². The van der Waals surface area contributed by atoms with Crippen molar-refractivity contribution in [2.24, 2.45) is 0 Å². The maximum absolute atomic E-state index is 5.81. The number of rotatable bonds is 12. The van der Waals surface area contributed by atoms with Crippen molar-refractivity contribution in [2.45, 2.75) is 59.5 Å². The molecule has 0 amide bonds. The molecular formula is C24H33BrN6O3SSi. The lowest BCUT2D eigenvalue weighted by molar-refractivity contribution is -0.140. The highest BCUT2D eigenvalue weighted by molar-refractivity contribution is 9.10. The van der Waals surface area contributed by atoms with Gasteiger partial charge < -0.3 is 14.2 Å². The maximum Gasteiger partial charge on any atom is 0.194 e. The SMILES string of the molecule is CCOC(OCC)c1ccn2nc(C)c(-c3nc(Br)c(-c4ncn(COCC[Si](C)(C)C)n4)s3)c2c1. The van der Waals surface area contributed by atoms with Gasteiger partial charge in [0.25, 0.3) is 0 Å². The van der Waals surface area contributed by atoms with Gasteiger partial charge in [-0.1, -0.05) is 19.6 Å². The van der Waals surface area contributed by atoms with Crippen LogP contribution in [0.15, 0.2) is 29.3 Å². The Kier molecular flexibility index (Phi) is 8.74. The number of hydrogen-bond acceptors (Lipinski definition) is 8. The van der Waals surface area contributed by atoms with Crippen LogP contribution < -0.4 is 0 Å². The molecule has 0 aliphatic carbocycles. The van der Waals surface area contributed by atoms with Crippen molar-refractivity contribution in [1.29, 1.82) is 0 Å². The van der Waals surface area contributed by atoms with E-state index in [0.29, 0.717) is 30.4 Å². The van der Waals surface area contributed by atoms with E-state index in [-0.39, 0.29) is 0 Å². The Morgan fingerprint density at radius 3 is 2.58 bits per heavy atom. The van der Waals surface area contributed by atoms with E-state index in [0.717, 1.165) is 44.9 Å². The van der Waals surface area contributed by atoms with Crippen LogP contribution in [-0.2, 0) is 20.9 Å². The van der Waals surface area contributed by atoms with Gasteiger partial charge in [0.15, 0.2) is 12.1 Å². The van der Waals surface area contributed by atoms with E-state index in [1.807, 2.05) is 37.5 Å². The van der Waals surface area contributed by atoms with Gasteiger partial charge in [-0.3, -0.25) is 0 Å². The van der Waals surface area contributed by atoms with Gasteiger partial charge in [-0.15, -0.1) is 16.4 Å². The van der Waals surface area contributed by atoms with E-state index in [1.165, 1.54) is 11.3 Å². The molecule has 0 atom stereocenters. The Morgan fingerprint density at radius 1 is 1.14 bits per heavy atom. The average Bonchev–Trinajstić information content (AvgIpc) is 3.51. The summed E-state index contributed by atoms with van der Waals surface area (Å²) < 4.78 is 21.7. The average molecular weight is 594 g/mol. The standard InChI is InChI=1S/C24H33BrN6O3SSi/c1-7-33-24(34-8-2)17-9-10-31-18(13-17)19(16(3)28-31)23-27-21(25)20(35-23)22-26-14-30(29-22)15-32-11-12-36(4,5)6/h9-10,13-14,24H,7-8,11-12,15H2,1-6H3. The largest absolute Gasteiger partial charge is 0.359 e. The molecular weight excluding hydrogens is 560 g/mol. The minimum Gasteiger partial charge on any atom is -0.359 e. The highest BCUT2D eigenvalue weighted by atomic mass is 79.9. The number of pyridine rings is 1. The first-order chi connectivity index (χ1) is 17.2. The third-order valence-corrected chi connectivity index (χ3v) is 9.11. The van der Waals surface area contributed by atoms with E-state index >= 15 is 0 Å². The minimum absolute atomic E-state index is 0.386. The second-order valence-electron chi connectivity index (χ2n) is 9.59. The van der Waals surface area contributed by atoms with Crippen molar-refractivity contribution in [2.75, 3.05) is 19.8 Å². The molecule has 0 saturated carbocycles. The molecule has 0 N–H and O–H groups in total. The van der Waals surface area contributed by atoms with E-state index in [9.17, 15) is 0 Å². The van der Waals surface area contributed by atoms with E-state index in [2.05, 4.69) is 51.7 Å². The summed E-state index contributed by atoms with van der Waals surface area (Å²) in [5, 5.41) is 10.1. The molecule has 0 saturated heterocycles. The lowest BCUT2D eigenvalue weighted by Gasteiger charge is -2.17. The van der Waals surface area contributed by atoms with Gasteiger partial charge in [0.2, 0.25) is 0 Å². The zero-order valence-electron chi connectivity index (χ0n) is 21.6. The number of fused-ring (bicyclic) bond motifs is 1. The Balaban J connectivity index is 1.59. The molecule has 0 spiro atoms. The summed E-state index contributed by atoms with van der Waals surface area (Å²) in [5.41, 5.74) is 3.74. The molecule has 9 nitrogen and oxygen atoms in total. The highest BCUT2D eigenvalue weighted by Gasteiger charge is 2.22. The summed E-state index contributed by atoms with van der Waals surface area (Å²) in [6.07, 6.45) is 3.21. The Hall–Kier alpha value is -1.96. The first-order valence-electron chi connectivity index (χ1n) is 12.1. The molecule has 4 heterocycles. The van der Waals surface area contributed by atoms with Gasteiger partial charge in [-0.25, -0.2) is 19.2 Å². The molecule has 0 radical (unpaired) electrons. The van der Waals surface area contributed by atoms with Crippen LogP contribution in [0.25, 0.3) is 26.8 Å². The molecule has 12 heteroatoms. The van der Waals surface area contributed by atoms with Crippen molar-refractivity contribution in [3.05, 3.63) is 40.5 Å². The monoisotopic (exact) mass is 592 g/mol. The number of aryl methyl sites for hydroxylation is 1. The lowest BCUT2D eigenvalue weighted by Crippen LogP contribution is -2.22. The van der Waals surface area contributed by atoms with Crippen LogP contribution in [0.2, 0.25) is 25.7 Å². The van der Waals surface area contributed by atoms with Gasteiger partial charge in [0.05, 0.1) is 16.8 Å². The summed E-state index contributed by atoms with van der Waals surface area (Å²) in [6.45, 7) is 15.2. The van der Waals surface area contributed by atoms with Crippen LogP contribution in [0.3, 0.4) is 0 Å². The predicted molar refractivity (Wildman–Crippen MR) is 148 cm³/mol. The normalized spacial score (nSPS) is 12.3.